The average Bonchev–Trinajstić information content (AvgIpc) is 3.04. The van der Waals surface area contributed by atoms with Gasteiger partial charge in [-0.25, -0.2) is 8.78 Å². The average molecular weight is 318 g/mol. The molecule has 2 aromatic heterocycles. The number of amides is 1. The van der Waals surface area contributed by atoms with Crippen LogP contribution in [0.1, 0.15) is 5.56 Å². The zero-order valence-corrected chi connectivity index (χ0v) is 12.5. The highest BCUT2D eigenvalue weighted by molar-refractivity contribution is 5.92. The standard InChI is InChI=1S/C16H16F2N4O/c1-11-7-21(14-5-3-2-4-13(11)14)10-16(23)20-12-6-19-22(8-12)9-15(17)18/h2-8,15H,9-10H2,1H3,(H,20,23). The third-order valence-electron chi connectivity index (χ3n) is 3.54. The van der Waals surface area contributed by atoms with Gasteiger partial charge in [-0.15, -0.1) is 0 Å². The van der Waals surface area contributed by atoms with Crippen molar-refractivity contribution in [3.63, 3.8) is 0 Å². The molecular weight excluding hydrogens is 302 g/mol. The number of carbonyl (C=O) groups excluding carboxylic acids is 1. The third-order valence-corrected chi connectivity index (χ3v) is 3.54. The van der Waals surface area contributed by atoms with Crippen molar-refractivity contribution >= 4 is 22.5 Å². The van der Waals surface area contributed by atoms with Gasteiger partial charge in [-0.3, -0.25) is 9.48 Å². The van der Waals surface area contributed by atoms with Gasteiger partial charge >= 0.3 is 0 Å². The molecule has 0 fully saturated rings. The number of hydrogen-bond donors (Lipinski definition) is 1. The Bertz CT molecular complexity index is 838. The van der Waals surface area contributed by atoms with Crippen LogP contribution in [-0.4, -0.2) is 26.7 Å². The van der Waals surface area contributed by atoms with Gasteiger partial charge in [0.25, 0.3) is 6.43 Å². The van der Waals surface area contributed by atoms with Crippen LogP contribution < -0.4 is 5.32 Å². The molecule has 23 heavy (non-hydrogen) atoms. The summed E-state index contributed by atoms with van der Waals surface area (Å²) in [5.41, 5.74) is 2.48. The van der Waals surface area contributed by atoms with Crippen molar-refractivity contribution in [1.29, 1.82) is 0 Å². The van der Waals surface area contributed by atoms with E-state index in [9.17, 15) is 13.6 Å². The number of rotatable bonds is 5. The highest BCUT2D eigenvalue weighted by atomic mass is 19.3. The van der Waals surface area contributed by atoms with E-state index < -0.39 is 13.0 Å². The van der Waals surface area contributed by atoms with Crippen LogP contribution in [0.4, 0.5) is 14.5 Å². The van der Waals surface area contributed by atoms with Crippen molar-refractivity contribution in [3.05, 3.63) is 48.4 Å². The zero-order chi connectivity index (χ0) is 16.4. The van der Waals surface area contributed by atoms with Gasteiger partial charge in [-0.05, 0) is 18.6 Å². The fourth-order valence-corrected chi connectivity index (χ4v) is 2.59. The molecule has 5 nitrogen and oxygen atoms in total. The first-order valence-corrected chi connectivity index (χ1v) is 7.18. The smallest absolute Gasteiger partial charge is 0.257 e. The van der Waals surface area contributed by atoms with Crippen LogP contribution in [0.15, 0.2) is 42.9 Å². The maximum absolute atomic E-state index is 12.3. The van der Waals surface area contributed by atoms with Crippen molar-refractivity contribution < 1.29 is 13.6 Å². The van der Waals surface area contributed by atoms with Crippen LogP contribution in [0.25, 0.3) is 10.9 Å². The largest absolute Gasteiger partial charge is 0.338 e. The molecule has 2 heterocycles. The normalized spacial score (nSPS) is 11.3. The molecule has 0 saturated heterocycles. The minimum atomic E-state index is -2.48. The number of para-hydroxylation sites is 1. The molecule has 0 bridgehead atoms. The van der Waals surface area contributed by atoms with E-state index in [1.165, 1.54) is 12.4 Å². The SMILES string of the molecule is Cc1cn(CC(=O)Nc2cnn(CC(F)F)c2)c2ccccc12. The lowest BCUT2D eigenvalue weighted by molar-refractivity contribution is -0.116. The van der Waals surface area contributed by atoms with Crippen LogP contribution in [0.2, 0.25) is 0 Å². The molecule has 1 amide bonds. The van der Waals surface area contributed by atoms with Crippen LogP contribution in [0.5, 0.6) is 0 Å². The number of alkyl halides is 2. The number of aryl methyl sites for hydroxylation is 1. The quantitative estimate of drug-likeness (QED) is 0.786. The Morgan fingerprint density at radius 1 is 1.30 bits per heavy atom. The topological polar surface area (TPSA) is 51.9 Å². The second-order valence-corrected chi connectivity index (χ2v) is 5.35. The minimum absolute atomic E-state index is 0.147. The van der Waals surface area contributed by atoms with Crippen molar-refractivity contribution in [2.45, 2.75) is 26.4 Å². The first-order valence-electron chi connectivity index (χ1n) is 7.18. The lowest BCUT2D eigenvalue weighted by Crippen LogP contribution is -2.18. The summed E-state index contributed by atoms with van der Waals surface area (Å²) in [7, 11) is 0. The van der Waals surface area contributed by atoms with E-state index in [0.717, 1.165) is 21.1 Å². The fraction of sp³-hybridized carbons (Fsp3) is 0.250. The summed E-state index contributed by atoms with van der Waals surface area (Å²) >= 11 is 0. The Hall–Kier alpha value is -2.70. The van der Waals surface area contributed by atoms with Gasteiger partial charge < -0.3 is 9.88 Å². The maximum atomic E-state index is 12.3. The summed E-state index contributed by atoms with van der Waals surface area (Å²) in [6.45, 7) is 1.65. The van der Waals surface area contributed by atoms with Gasteiger partial charge in [-0.1, -0.05) is 18.2 Å². The summed E-state index contributed by atoms with van der Waals surface area (Å²) < 4.78 is 27.5. The van der Waals surface area contributed by atoms with Gasteiger partial charge in [0.05, 0.1) is 11.9 Å². The molecule has 120 valence electrons. The molecule has 0 spiro atoms. The minimum Gasteiger partial charge on any atom is -0.338 e. The Balaban J connectivity index is 1.70. The summed E-state index contributed by atoms with van der Waals surface area (Å²) in [6, 6.07) is 7.84. The number of halogens is 2. The highest BCUT2D eigenvalue weighted by Crippen LogP contribution is 2.20. The number of fused-ring (bicyclic) bond motifs is 1. The summed E-state index contributed by atoms with van der Waals surface area (Å²) in [5.74, 6) is -0.234. The zero-order valence-electron chi connectivity index (χ0n) is 12.5. The number of aromatic nitrogens is 3. The Kier molecular flexibility index (Phi) is 4.10. The van der Waals surface area contributed by atoms with Crippen LogP contribution in [-0.2, 0) is 17.9 Å². The Labute approximate surface area is 131 Å². The molecule has 0 unspecified atom stereocenters. The lowest BCUT2D eigenvalue weighted by atomic mass is 10.2. The predicted molar refractivity (Wildman–Crippen MR) is 83.5 cm³/mol. The number of hydrogen-bond acceptors (Lipinski definition) is 2. The Morgan fingerprint density at radius 3 is 2.87 bits per heavy atom. The van der Waals surface area contributed by atoms with E-state index in [4.69, 9.17) is 0 Å². The molecule has 1 aromatic carbocycles. The molecule has 1 N–H and O–H groups in total. The molecule has 3 rings (SSSR count). The Morgan fingerprint density at radius 2 is 2.09 bits per heavy atom. The summed E-state index contributed by atoms with van der Waals surface area (Å²) in [6.07, 6.45) is 2.19. The van der Waals surface area contributed by atoms with Crippen LogP contribution >= 0.6 is 0 Å². The van der Waals surface area contributed by atoms with Crippen molar-refractivity contribution in [3.8, 4) is 0 Å². The fourth-order valence-electron chi connectivity index (χ4n) is 2.59. The molecule has 0 aliphatic rings. The second kappa shape index (κ2) is 6.20. The van der Waals surface area contributed by atoms with E-state index >= 15 is 0 Å². The molecule has 0 aliphatic carbocycles. The van der Waals surface area contributed by atoms with Crippen molar-refractivity contribution in [2.75, 3.05) is 5.32 Å². The van der Waals surface area contributed by atoms with E-state index in [2.05, 4.69) is 10.4 Å². The van der Waals surface area contributed by atoms with Crippen molar-refractivity contribution in [2.24, 2.45) is 0 Å². The van der Waals surface area contributed by atoms with Crippen LogP contribution in [0, 0.1) is 6.92 Å². The number of nitrogens with one attached hydrogen (secondary N) is 1. The first kappa shape index (κ1) is 15.2. The monoisotopic (exact) mass is 318 g/mol. The van der Waals surface area contributed by atoms with Crippen LogP contribution in [0.3, 0.4) is 0 Å². The number of carbonyl (C=O) groups is 1. The number of nitrogens with zero attached hydrogens (tertiary/aromatic N) is 3. The molecule has 0 aliphatic heterocycles. The molecular formula is C16H16F2N4O. The van der Waals surface area contributed by atoms with Gasteiger partial charge in [0.1, 0.15) is 13.1 Å². The van der Waals surface area contributed by atoms with Gasteiger partial charge in [0.15, 0.2) is 0 Å². The van der Waals surface area contributed by atoms with Crippen molar-refractivity contribution in [1.82, 2.24) is 14.3 Å². The van der Waals surface area contributed by atoms with Gasteiger partial charge in [0.2, 0.25) is 5.91 Å². The van der Waals surface area contributed by atoms with Gasteiger partial charge in [0, 0.05) is 23.3 Å². The molecule has 0 radical (unpaired) electrons. The third kappa shape index (κ3) is 3.39. The first-order chi connectivity index (χ1) is 11.0. The van der Waals surface area contributed by atoms with E-state index in [-0.39, 0.29) is 12.5 Å². The molecule has 3 aromatic rings. The highest BCUT2D eigenvalue weighted by Gasteiger charge is 2.11. The van der Waals surface area contributed by atoms with E-state index in [1.54, 1.807) is 0 Å². The maximum Gasteiger partial charge on any atom is 0.257 e. The lowest BCUT2D eigenvalue weighted by Gasteiger charge is -2.05. The van der Waals surface area contributed by atoms with Gasteiger partial charge in [-0.2, -0.15) is 5.10 Å². The number of benzene rings is 1. The summed E-state index contributed by atoms with van der Waals surface area (Å²) in [5, 5.41) is 7.56. The molecule has 7 heteroatoms. The molecule has 0 saturated carbocycles. The molecule has 0 atom stereocenters. The predicted octanol–water partition coefficient (Wildman–Crippen LogP) is 3.05. The van der Waals surface area contributed by atoms with E-state index in [0.29, 0.717) is 5.69 Å². The number of anilines is 1. The van der Waals surface area contributed by atoms with E-state index in [1.807, 2.05) is 42.0 Å². The second-order valence-electron chi connectivity index (χ2n) is 5.35. The summed E-state index contributed by atoms with van der Waals surface area (Å²) in [4.78, 5) is 12.1.